The average molecular weight is 241 g/mol. The van der Waals surface area contributed by atoms with Crippen molar-refractivity contribution in [3.05, 3.63) is 71.8 Å². The van der Waals surface area contributed by atoms with Crippen molar-refractivity contribution in [2.45, 2.75) is 5.75 Å². The second-order valence-electron chi connectivity index (χ2n) is 3.67. The first-order chi connectivity index (χ1) is 8.40. The molecule has 0 saturated heterocycles. The molecule has 0 spiro atoms. The van der Waals surface area contributed by atoms with E-state index >= 15 is 0 Å². The van der Waals surface area contributed by atoms with E-state index in [1.165, 1.54) is 11.1 Å². The molecule has 0 unspecified atom stereocenters. The van der Waals surface area contributed by atoms with Gasteiger partial charge in [-0.05, 0) is 5.56 Å². The van der Waals surface area contributed by atoms with Crippen molar-refractivity contribution in [3.8, 4) is 0 Å². The third kappa shape index (κ3) is 3.46. The summed E-state index contributed by atoms with van der Waals surface area (Å²) in [6.07, 6.45) is 0. The normalized spacial score (nSPS) is 11.5. The van der Waals surface area contributed by atoms with E-state index < -0.39 is 0 Å². The van der Waals surface area contributed by atoms with Crippen molar-refractivity contribution in [2.24, 2.45) is 4.99 Å². The number of aliphatic imine (C=N–C) groups is 1. The SMILES string of the molecule is CN=C(SCc1ccccc1)c1ccccc1. The van der Waals surface area contributed by atoms with E-state index in [0.29, 0.717) is 0 Å². The number of rotatable bonds is 3. The summed E-state index contributed by atoms with van der Waals surface area (Å²) in [6.45, 7) is 0. The first-order valence-electron chi connectivity index (χ1n) is 5.59. The number of thioether (sulfide) groups is 1. The van der Waals surface area contributed by atoms with Crippen LogP contribution < -0.4 is 0 Å². The van der Waals surface area contributed by atoms with Crippen LogP contribution in [0.2, 0.25) is 0 Å². The maximum atomic E-state index is 4.35. The standard InChI is InChI=1S/C15H15NS/c1-16-15(14-10-6-3-7-11-14)17-12-13-8-4-2-5-9-13/h2-11H,12H2,1H3. The van der Waals surface area contributed by atoms with Crippen LogP contribution in [-0.2, 0) is 5.75 Å². The van der Waals surface area contributed by atoms with Gasteiger partial charge in [-0.1, -0.05) is 60.7 Å². The Bertz CT molecular complexity index is 477. The van der Waals surface area contributed by atoms with Crippen LogP contribution in [0.5, 0.6) is 0 Å². The van der Waals surface area contributed by atoms with Gasteiger partial charge in [-0.25, -0.2) is 0 Å². The van der Waals surface area contributed by atoms with Gasteiger partial charge in [-0.15, -0.1) is 11.8 Å². The molecule has 2 rings (SSSR count). The molecule has 0 radical (unpaired) electrons. The number of nitrogens with zero attached hydrogens (tertiary/aromatic N) is 1. The Labute approximate surface area is 107 Å². The summed E-state index contributed by atoms with van der Waals surface area (Å²) in [4.78, 5) is 4.35. The molecule has 0 aliphatic carbocycles. The van der Waals surface area contributed by atoms with E-state index in [2.05, 4.69) is 41.4 Å². The van der Waals surface area contributed by atoms with Crippen LogP contribution in [0.4, 0.5) is 0 Å². The minimum atomic E-state index is 0.961. The summed E-state index contributed by atoms with van der Waals surface area (Å²) in [5, 5.41) is 1.09. The van der Waals surface area contributed by atoms with Crippen LogP contribution in [0.15, 0.2) is 65.7 Å². The molecule has 2 heteroatoms. The zero-order valence-electron chi connectivity index (χ0n) is 9.84. The van der Waals surface area contributed by atoms with Crippen LogP contribution >= 0.6 is 11.8 Å². The molecular formula is C15H15NS. The van der Waals surface area contributed by atoms with Crippen molar-refractivity contribution in [1.29, 1.82) is 0 Å². The summed E-state index contributed by atoms with van der Waals surface area (Å²) in [5.74, 6) is 0.961. The predicted octanol–water partition coefficient (Wildman–Crippen LogP) is 4.00. The quantitative estimate of drug-likeness (QED) is 0.584. The van der Waals surface area contributed by atoms with Crippen molar-refractivity contribution in [3.63, 3.8) is 0 Å². The smallest absolute Gasteiger partial charge is 0.0976 e. The second kappa shape index (κ2) is 6.26. The molecule has 86 valence electrons. The maximum Gasteiger partial charge on any atom is 0.0976 e. The van der Waals surface area contributed by atoms with Gasteiger partial charge in [0.2, 0.25) is 0 Å². The van der Waals surface area contributed by atoms with Crippen molar-refractivity contribution in [1.82, 2.24) is 0 Å². The highest BCUT2D eigenvalue weighted by atomic mass is 32.2. The zero-order chi connectivity index (χ0) is 11.9. The lowest BCUT2D eigenvalue weighted by Crippen LogP contribution is -1.95. The molecule has 1 nitrogen and oxygen atoms in total. The fourth-order valence-corrected chi connectivity index (χ4v) is 2.51. The van der Waals surface area contributed by atoms with Gasteiger partial charge >= 0.3 is 0 Å². The molecule has 0 heterocycles. The molecule has 0 aliphatic rings. The zero-order valence-corrected chi connectivity index (χ0v) is 10.7. The summed E-state index contributed by atoms with van der Waals surface area (Å²) in [5.41, 5.74) is 2.52. The van der Waals surface area contributed by atoms with E-state index in [4.69, 9.17) is 0 Å². The average Bonchev–Trinajstić information content (AvgIpc) is 2.42. The molecule has 17 heavy (non-hydrogen) atoms. The van der Waals surface area contributed by atoms with Crippen LogP contribution in [0, 0.1) is 0 Å². The third-order valence-corrected chi connectivity index (χ3v) is 3.61. The minimum absolute atomic E-state index is 0.961. The largest absolute Gasteiger partial charge is 0.281 e. The molecular weight excluding hydrogens is 226 g/mol. The molecule has 0 aromatic heterocycles. The topological polar surface area (TPSA) is 12.4 Å². The Hall–Kier alpha value is -1.54. The Morgan fingerprint density at radius 2 is 1.53 bits per heavy atom. The van der Waals surface area contributed by atoms with Crippen molar-refractivity contribution in [2.75, 3.05) is 7.05 Å². The first-order valence-corrected chi connectivity index (χ1v) is 6.57. The van der Waals surface area contributed by atoms with E-state index in [-0.39, 0.29) is 0 Å². The number of hydrogen-bond acceptors (Lipinski definition) is 2. The lowest BCUT2D eigenvalue weighted by molar-refractivity contribution is 1.41. The Balaban J connectivity index is 2.03. The lowest BCUT2D eigenvalue weighted by Gasteiger charge is -2.05. The van der Waals surface area contributed by atoms with Gasteiger partial charge in [0.25, 0.3) is 0 Å². The fraction of sp³-hybridized carbons (Fsp3) is 0.133. The molecule has 0 N–H and O–H groups in total. The molecule has 0 saturated carbocycles. The van der Waals surface area contributed by atoms with Gasteiger partial charge in [-0.2, -0.15) is 0 Å². The van der Waals surface area contributed by atoms with Crippen LogP contribution in [0.3, 0.4) is 0 Å². The Morgan fingerprint density at radius 1 is 0.941 bits per heavy atom. The van der Waals surface area contributed by atoms with Crippen molar-refractivity contribution >= 4 is 16.8 Å². The number of benzene rings is 2. The van der Waals surface area contributed by atoms with Gasteiger partial charge in [0.1, 0.15) is 0 Å². The third-order valence-electron chi connectivity index (χ3n) is 2.44. The maximum absolute atomic E-state index is 4.35. The highest BCUT2D eigenvalue weighted by Crippen LogP contribution is 2.18. The minimum Gasteiger partial charge on any atom is -0.281 e. The molecule has 0 fully saturated rings. The number of hydrogen-bond donors (Lipinski definition) is 0. The van der Waals surface area contributed by atoms with E-state index in [9.17, 15) is 0 Å². The molecule has 0 atom stereocenters. The van der Waals surface area contributed by atoms with Gasteiger partial charge in [0.15, 0.2) is 0 Å². The van der Waals surface area contributed by atoms with Gasteiger partial charge in [0, 0.05) is 18.4 Å². The highest BCUT2D eigenvalue weighted by Gasteiger charge is 2.02. The summed E-state index contributed by atoms with van der Waals surface area (Å²) in [6, 6.07) is 20.8. The molecule has 0 bridgehead atoms. The van der Waals surface area contributed by atoms with Crippen LogP contribution in [0.25, 0.3) is 0 Å². The van der Waals surface area contributed by atoms with E-state index in [0.717, 1.165) is 10.8 Å². The monoisotopic (exact) mass is 241 g/mol. The summed E-state index contributed by atoms with van der Waals surface area (Å²) >= 11 is 1.78. The highest BCUT2D eigenvalue weighted by molar-refractivity contribution is 8.13. The second-order valence-corrected chi connectivity index (χ2v) is 4.63. The molecule has 0 amide bonds. The Kier molecular flexibility index (Phi) is 4.39. The van der Waals surface area contributed by atoms with Crippen LogP contribution in [-0.4, -0.2) is 12.1 Å². The molecule has 2 aromatic rings. The van der Waals surface area contributed by atoms with E-state index in [1.54, 1.807) is 11.8 Å². The van der Waals surface area contributed by atoms with Crippen LogP contribution in [0.1, 0.15) is 11.1 Å². The predicted molar refractivity (Wildman–Crippen MR) is 76.6 cm³/mol. The fourth-order valence-electron chi connectivity index (χ4n) is 1.58. The van der Waals surface area contributed by atoms with Gasteiger partial charge in [-0.3, -0.25) is 4.99 Å². The Morgan fingerprint density at radius 3 is 2.12 bits per heavy atom. The summed E-state index contributed by atoms with van der Waals surface area (Å²) in [7, 11) is 1.85. The summed E-state index contributed by atoms with van der Waals surface area (Å²) < 4.78 is 0. The first kappa shape index (κ1) is 11.9. The van der Waals surface area contributed by atoms with Crippen molar-refractivity contribution < 1.29 is 0 Å². The molecule has 0 aliphatic heterocycles. The molecule has 2 aromatic carbocycles. The lowest BCUT2D eigenvalue weighted by atomic mass is 10.2. The van der Waals surface area contributed by atoms with Gasteiger partial charge in [0.05, 0.1) is 5.04 Å². The van der Waals surface area contributed by atoms with E-state index in [1.807, 2.05) is 31.3 Å². The van der Waals surface area contributed by atoms with Gasteiger partial charge < -0.3 is 0 Å².